The Kier molecular flexibility index (Phi) is 10.2. The van der Waals surface area contributed by atoms with E-state index in [0.717, 1.165) is 18.8 Å². The Labute approximate surface area is 105 Å². The van der Waals surface area contributed by atoms with Crippen LogP contribution in [0.25, 0.3) is 0 Å². The van der Waals surface area contributed by atoms with Crippen molar-refractivity contribution in [2.75, 3.05) is 20.8 Å². The van der Waals surface area contributed by atoms with Gasteiger partial charge in [0.15, 0.2) is 6.29 Å². The Balaban J connectivity index is 3.40. The van der Waals surface area contributed by atoms with Gasteiger partial charge in [-0.3, -0.25) is 4.79 Å². The molecule has 0 atom stereocenters. The van der Waals surface area contributed by atoms with Crippen molar-refractivity contribution in [3.05, 3.63) is 0 Å². The molecule has 0 aliphatic heterocycles. The van der Waals surface area contributed by atoms with Gasteiger partial charge >= 0.3 is 0 Å². The summed E-state index contributed by atoms with van der Waals surface area (Å²) in [7, 11) is 3.12. The highest BCUT2D eigenvalue weighted by atomic mass is 16.7. The minimum Gasteiger partial charge on any atom is -0.354 e. The van der Waals surface area contributed by atoms with Gasteiger partial charge in [0, 0.05) is 20.6 Å². The molecule has 0 aromatic carbocycles. The van der Waals surface area contributed by atoms with E-state index in [-0.39, 0.29) is 12.2 Å². The van der Waals surface area contributed by atoms with Crippen LogP contribution in [0.4, 0.5) is 0 Å². The molecule has 102 valence electrons. The van der Waals surface area contributed by atoms with E-state index in [0.29, 0.717) is 13.0 Å². The number of carbonyl (C=O) groups excluding carboxylic acids is 1. The first kappa shape index (κ1) is 16.4. The molecular formula is C13H27NO3. The van der Waals surface area contributed by atoms with E-state index < -0.39 is 0 Å². The molecule has 0 saturated carbocycles. The van der Waals surface area contributed by atoms with E-state index in [1.807, 2.05) is 0 Å². The Morgan fingerprint density at radius 2 is 1.76 bits per heavy atom. The molecule has 1 amide bonds. The van der Waals surface area contributed by atoms with Crippen LogP contribution < -0.4 is 5.32 Å². The van der Waals surface area contributed by atoms with Gasteiger partial charge in [0.05, 0.1) is 6.54 Å². The topological polar surface area (TPSA) is 47.6 Å². The van der Waals surface area contributed by atoms with Gasteiger partial charge in [0.1, 0.15) is 0 Å². The van der Waals surface area contributed by atoms with Gasteiger partial charge in [-0.05, 0) is 12.3 Å². The van der Waals surface area contributed by atoms with Gasteiger partial charge in [0.2, 0.25) is 5.91 Å². The molecule has 0 aliphatic rings. The highest BCUT2D eigenvalue weighted by Crippen LogP contribution is 2.09. The maximum atomic E-state index is 11.5. The summed E-state index contributed by atoms with van der Waals surface area (Å²) in [6.45, 7) is 4.86. The molecule has 0 unspecified atom stereocenters. The average molecular weight is 245 g/mol. The number of unbranched alkanes of at least 4 members (excludes halogenated alkanes) is 2. The van der Waals surface area contributed by atoms with Crippen LogP contribution in [0.5, 0.6) is 0 Å². The molecule has 0 aliphatic carbocycles. The summed E-state index contributed by atoms with van der Waals surface area (Å²) in [5.74, 6) is 0.835. The predicted octanol–water partition coefficient (Wildman–Crippen LogP) is 2.33. The quantitative estimate of drug-likeness (QED) is 0.474. The molecule has 0 radical (unpaired) electrons. The lowest BCUT2D eigenvalue weighted by Gasteiger charge is -2.13. The van der Waals surface area contributed by atoms with Crippen LogP contribution in [-0.2, 0) is 14.3 Å². The summed E-state index contributed by atoms with van der Waals surface area (Å²) < 4.78 is 9.96. The molecule has 0 spiro atoms. The summed E-state index contributed by atoms with van der Waals surface area (Å²) >= 11 is 0. The minimum atomic E-state index is -0.347. The molecule has 0 bridgehead atoms. The maximum absolute atomic E-state index is 11.5. The van der Waals surface area contributed by atoms with Crippen molar-refractivity contribution in [3.63, 3.8) is 0 Å². The number of nitrogens with one attached hydrogen (secondary N) is 1. The fraction of sp³-hybridized carbons (Fsp3) is 0.923. The van der Waals surface area contributed by atoms with Gasteiger partial charge in [-0.1, -0.05) is 33.1 Å². The van der Waals surface area contributed by atoms with Crippen LogP contribution in [0.15, 0.2) is 0 Å². The van der Waals surface area contributed by atoms with Crippen molar-refractivity contribution in [2.24, 2.45) is 5.92 Å². The summed E-state index contributed by atoms with van der Waals surface area (Å²) in [6, 6.07) is 0. The van der Waals surface area contributed by atoms with Crippen LogP contribution in [-0.4, -0.2) is 33.0 Å². The second-order valence-corrected chi connectivity index (χ2v) is 4.70. The molecule has 0 aromatic rings. The van der Waals surface area contributed by atoms with Crippen molar-refractivity contribution >= 4 is 5.91 Å². The third-order valence-electron chi connectivity index (χ3n) is 2.68. The lowest BCUT2D eigenvalue weighted by molar-refractivity contribution is -0.127. The van der Waals surface area contributed by atoms with E-state index in [4.69, 9.17) is 9.47 Å². The van der Waals surface area contributed by atoms with Gasteiger partial charge in [0.25, 0.3) is 0 Å². The molecule has 0 heterocycles. The molecule has 0 fully saturated rings. The average Bonchev–Trinajstić information content (AvgIpc) is 2.29. The van der Waals surface area contributed by atoms with Crippen LogP contribution in [0.3, 0.4) is 0 Å². The highest BCUT2D eigenvalue weighted by molar-refractivity contribution is 5.75. The van der Waals surface area contributed by atoms with Crippen molar-refractivity contribution in [2.45, 2.75) is 52.2 Å². The first-order chi connectivity index (χ1) is 8.10. The summed E-state index contributed by atoms with van der Waals surface area (Å²) in [6.07, 6.45) is 4.80. The van der Waals surface area contributed by atoms with E-state index >= 15 is 0 Å². The van der Waals surface area contributed by atoms with E-state index in [1.54, 1.807) is 14.2 Å². The number of amides is 1. The van der Waals surface area contributed by atoms with Crippen LogP contribution >= 0.6 is 0 Å². The van der Waals surface area contributed by atoms with E-state index in [2.05, 4.69) is 19.2 Å². The largest absolute Gasteiger partial charge is 0.354 e. The Bertz CT molecular complexity index is 191. The molecule has 17 heavy (non-hydrogen) atoms. The van der Waals surface area contributed by atoms with Gasteiger partial charge in [-0.25, -0.2) is 0 Å². The number of hydrogen-bond acceptors (Lipinski definition) is 3. The van der Waals surface area contributed by atoms with E-state index in [9.17, 15) is 4.79 Å². The first-order valence-corrected chi connectivity index (χ1v) is 6.42. The standard InChI is InChI=1S/C13H27NO3/c1-11(2)8-6-5-7-9-12(15)14-10-13(16-3)17-4/h11,13H,5-10H2,1-4H3,(H,14,15). The van der Waals surface area contributed by atoms with Crippen molar-refractivity contribution in [1.82, 2.24) is 5.32 Å². The molecular weight excluding hydrogens is 218 g/mol. The van der Waals surface area contributed by atoms with Crippen molar-refractivity contribution in [3.8, 4) is 0 Å². The number of methoxy groups -OCH3 is 2. The lowest BCUT2D eigenvalue weighted by atomic mass is 10.0. The number of carbonyl (C=O) groups is 1. The number of hydrogen-bond donors (Lipinski definition) is 1. The number of rotatable bonds is 10. The van der Waals surface area contributed by atoms with Gasteiger partial charge in [-0.2, -0.15) is 0 Å². The predicted molar refractivity (Wildman–Crippen MR) is 68.7 cm³/mol. The van der Waals surface area contributed by atoms with Crippen molar-refractivity contribution < 1.29 is 14.3 Å². The molecule has 1 N–H and O–H groups in total. The lowest BCUT2D eigenvalue weighted by Crippen LogP contribution is -2.33. The second-order valence-electron chi connectivity index (χ2n) is 4.70. The third kappa shape index (κ3) is 10.3. The molecule has 0 aromatic heterocycles. The van der Waals surface area contributed by atoms with Crippen LogP contribution in [0.2, 0.25) is 0 Å². The summed E-state index contributed by atoms with van der Waals surface area (Å²) in [5, 5.41) is 2.80. The molecule has 0 saturated heterocycles. The maximum Gasteiger partial charge on any atom is 0.220 e. The monoisotopic (exact) mass is 245 g/mol. The Hall–Kier alpha value is -0.610. The van der Waals surface area contributed by atoms with Crippen LogP contribution in [0, 0.1) is 5.92 Å². The molecule has 0 rings (SSSR count). The zero-order valence-electron chi connectivity index (χ0n) is 11.6. The summed E-state index contributed by atoms with van der Waals surface area (Å²) in [4.78, 5) is 11.5. The SMILES string of the molecule is COC(CNC(=O)CCCCCC(C)C)OC. The molecule has 4 nitrogen and oxygen atoms in total. The van der Waals surface area contributed by atoms with Gasteiger partial charge < -0.3 is 14.8 Å². The normalized spacial score (nSPS) is 11.2. The van der Waals surface area contributed by atoms with E-state index in [1.165, 1.54) is 12.8 Å². The third-order valence-corrected chi connectivity index (χ3v) is 2.68. The van der Waals surface area contributed by atoms with Gasteiger partial charge in [-0.15, -0.1) is 0 Å². The Morgan fingerprint density at radius 3 is 2.29 bits per heavy atom. The van der Waals surface area contributed by atoms with Crippen molar-refractivity contribution in [1.29, 1.82) is 0 Å². The van der Waals surface area contributed by atoms with Crippen LogP contribution in [0.1, 0.15) is 46.0 Å². The zero-order valence-corrected chi connectivity index (χ0v) is 11.6. The smallest absolute Gasteiger partial charge is 0.220 e. The number of ether oxygens (including phenoxy) is 2. The summed E-state index contributed by atoms with van der Waals surface area (Å²) in [5.41, 5.74) is 0. The first-order valence-electron chi connectivity index (χ1n) is 6.42. The minimum absolute atomic E-state index is 0.0775. The fourth-order valence-electron chi connectivity index (χ4n) is 1.56. The fourth-order valence-corrected chi connectivity index (χ4v) is 1.56. The zero-order chi connectivity index (χ0) is 13.1. The Morgan fingerprint density at radius 1 is 1.12 bits per heavy atom. The highest BCUT2D eigenvalue weighted by Gasteiger charge is 2.07. The molecule has 4 heteroatoms. The second kappa shape index (κ2) is 10.5.